The number of carbonyl (C=O) groups excluding carboxylic acids is 4. The van der Waals surface area contributed by atoms with Crippen molar-refractivity contribution in [2.45, 2.75) is 190 Å². The fourth-order valence-electron chi connectivity index (χ4n) is 14.2. The highest BCUT2D eigenvalue weighted by Crippen LogP contribution is 2.60. The zero-order chi connectivity index (χ0) is 56.7. The van der Waals surface area contributed by atoms with Crippen LogP contribution in [0.5, 0.6) is 0 Å². The first-order valence-corrected chi connectivity index (χ1v) is 29.1. The number of anilines is 2. The Bertz CT molecular complexity index is 2790. The highest BCUT2D eigenvalue weighted by molar-refractivity contribution is 6.32. The van der Waals surface area contributed by atoms with E-state index in [4.69, 9.17) is 46.4 Å². The Hall–Kier alpha value is -3.98. The average molecular weight is 1150 g/mol. The Morgan fingerprint density at radius 2 is 0.923 bits per heavy atom. The lowest BCUT2D eigenvalue weighted by Gasteiger charge is -2.38. The van der Waals surface area contributed by atoms with Crippen molar-refractivity contribution in [1.29, 1.82) is 0 Å². The fourth-order valence-corrected chi connectivity index (χ4v) is 14.9. The van der Waals surface area contributed by atoms with Gasteiger partial charge in [0.25, 0.3) is 0 Å². The standard InChI is InChI=1S/2C31H37Cl2FN2O3/c2*1-29(2,3)16-24-31(20-9-8-18(32)15-22(20)35-28(31)38)25(19-6-5-7-21(33)26(19)34)27(36-24)23(37)14-17-10-12-30(4,39)13-11-17/h2*5-9,15,17,24-25,27,36,39H,10-14,16H2,1-4H3,(H,35,38)/t2*17?,24-,25+,27+,30?,31+/m11/s1. The fraction of sp³-hybridized carbons (Fsp3) is 0.548. The van der Waals surface area contributed by atoms with Gasteiger partial charge in [0.15, 0.2) is 11.6 Å². The van der Waals surface area contributed by atoms with Gasteiger partial charge < -0.3 is 31.5 Å². The maximum Gasteiger partial charge on any atom is 0.237 e. The lowest BCUT2D eigenvalue weighted by molar-refractivity contribution is -0.125. The molecule has 420 valence electrons. The highest BCUT2D eigenvalue weighted by atomic mass is 35.5. The number of benzene rings is 4. The third-order valence-electron chi connectivity index (χ3n) is 17.9. The predicted molar refractivity (Wildman–Crippen MR) is 306 cm³/mol. The van der Waals surface area contributed by atoms with E-state index in [1.54, 1.807) is 48.5 Å². The van der Waals surface area contributed by atoms with E-state index in [1.807, 2.05) is 26.0 Å². The van der Waals surface area contributed by atoms with E-state index in [-0.39, 0.29) is 67.2 Å². The SMILES string of the molecule is CC(C)(C)C[C@H]1N[C@@H](C(=O)CC2CCC(C)(O)CC2)[C@H](c2cccc(Cl)c2F)[C@@]12C(=O)Nc1cc(Cl)ccc12.CC(C)(C)C[C@H]1N[C@@H](C(=O)CC2CCC(C)(O)CC2)[C@H](c2cccc(Cl)c2F)[C@@]12C(=O)Nc1cc(Cl)ccc12. The summed E-state index contributed by atoms with van der Waals surface area (Å²) in [5.41, 5.74) is -1.15. The van der Waals surface area contributed by atoms with Crippen LogP contribution in [-0.2, 0) is 30.0 Å². The van der Waals surface area contributed by atoms with Crippen LogP contribution in [-0.4, -0.2) is 69.0 Å². The Kier molecular flexibility index (Phi) is 16.3. The number of aliphatic hydroxyl groups is 2. The molecule has 0 bridgehead atoms. The molecule has 0 unspecified atom stereocenters. The van der Waals surface area contributed by atoms with Crippen LogP contribution in [0.2, 0.25) is 20.1 Å². The number of rotatable bonds is 10. The largest absolute Gasteiger partial charge is 0.390 e. The minimum atomic E-state index is -1.24. The first kappa shape index (κ1) is 58.7. The third kappa shape index (κ3) is 11.2. The maximum atomic E-state index is 15.9. The van der Waals surface area contributed by atoms with E-state index in [9.17, 15) is 29.4 Å². The number of fused-ring (bicyclic) bond motifs is 4. The van der Waals surface area contributed by atoms with Crippen molar-refractivity contribution in [3.8, 4) is 0 Å². The van der Waals surface area contributed by atoms with Gasteiger partial charge in [0.1, 0.15) is 22.5 Å². The van der Waals surface area contributed by atoms with Crippen LogP contribution in [0.3, 0.4) is 0 Å². The van der Waals surface area contributed by atoms with E-state index in [0.29, 0.717) is 83.9 Å². The van der Waals surface area contributed by atoms with Crippen molar-refractivity contribution in [3.63, 3.8) is 0 Å². The first-order chi connectivity index (χ1) is 36.5. The number of carbonyl (C=O) groups is 4. The van der Waals surface area contributed by atoms with E-state index in [2.05, 4.69) is 62.8 Å². The van der Waals surface area contributed by atoms with Crippen molar-refractivity contribution in [2.75, 3.05) is 10.6 Å². The third-order valence-corrected chi connectivity index (χ3v) is 19.0. The second kappa shape index (κ2) is 21.7. The van der Waals surface area contributed by atoms with Crippen LogP contribution in [0.25, 0.3) is 0 Å². The number of halogens is 6. The molecule has 16 heteroatoms. The molecule has 4 aromatic rings. The Balaban J connectivity index is 0.000000190. The molecule has 0 aromatic heterocycles. The van der Waals surface area contributed by atoms with Crippen LogP contribution in [0, 0.1) is 34.3 Å². The maximum absolute atomic E-state index is 15.9. The average Bonchev–Trinajstić information content (AvgIpc) is 3.32. The Labute approximate surface area is 477 Å². The van der Waals surface area contributed by atoms with Gasteiger partial charge in [-0.3, -0.25) is 19.2 Å². The summed E-state index contributed by atoms with van der Waals surface area (Å²) >= 11 is 25.2. The quantitative estimate of drug-likeness (QED) is 0.0917. The van der Waals surface area contributed by atoms with Crippen LogP contribution >= 0.6 is 46.4 Å². The molecule has 2 aliphatic carbocycles. The smallest absolute Gasteiger partial charge is 0.237 e. The highest BCUT2D eigenvalue weighted by Gasteiger charge is 2.68. The zero-order valence-electron chi connectivity index (χ0n) is 45.8. The molecule has 2 saturated carbocycles. The number of hydrogen-bond donors (Lipinski definition) is 6. The normalized spacial score (nSPS) is 32.4. The summed E-state index contributed by atoms with van der Waals surface area (Å²) in [6, 6.07) is 17.7. The molecular formula is C62H74Cl4F2N4O6. The molecular weight excluding hydrogens is 1080 g/mol. The molecule has 4 fully saturated rings. The molecule has 2 spiro atoms. The van der Waals surface area contributed by atoms with Gasteiger partial charge in [0.2, 0.25) is 11.8 Å². The molecule has 4 aromatic carbocycles. The van der Waals surface area contributed by atoms with Gasteiger partial charge in [0, 0.05) is 58.2 Å². The molecule has 10 rings (SSSR count). The molecule has 4 aliphatic heterocycles. The summed E-state index contributed by atoms with van der Waals surface area (Å²) in [7, 11) is 0. The molecule has 6 aliphatic rings. The summed E-state index contributed by atoms with van der Waals surface area (Å²) in [4.78, 5) is 56.7. The van der Waals surface area contributed by atoms with Gasteiger partial charge >= 0.3 is 0 Å². The summed E-state index contributed by atoms with van der Waals surface area (Å²) < 4.78 is 31.7. The summed E-state index contributed by atoms with van der Waals surface area (Å²) in [5.74, 6) is -3.21. The Morgan fingerprint density at radius 1 is 0.577 bits per heavy atom. The lowest BCUT2D eigenvalue weighted by atomic mass is 9.62. The van der Waals surface area contributed by atoms with Crippen molar-refractivity contribution >= 4 is 81.2 Å². The summed E-state index contributed by atoms with van der Waals surface area (Å²) in [5, 5.41) is 34.8. The minimum Gasteiger partial charge on any atom is -0.390 e. The van der Waals surface area contributed by atoms with Crippen molar-refractivity contribution in [3.05, 3.63) is 127 Å². The van der Waals surface area contributed by atoms with Crippen molar-refractivity contribution < 1.29 is 38.2 Å². The van der Waals surface area contributed by atoms with Crippen LogP contribution in [0.15, 0.2) is 72.8 Å². The van der Waals surface area contributed by atoms with E-state index < -0.39 is 69.7 Å². The monoisotopic (exact) mass is 1150 g/mol. The van der Waals surface area contributed by atoms with Crippen LogP contribution < -0.4 is 21.3 Å². The van der Waals surface area contributed by atoms with Gasteiger partial charge in [-0.1, -0.05) is 124 Å². The second-order valence-electron chi connectivity index (χ2n) is 26.4. The van der Waals surface area contributed by atoms with E-state index in [0.717, 1.165) is 25.7 Å². The van der Waals surface area contributed by atoms with Crippen molar-refractivity contribution in [2.24, 2.45) is 22.7 Å². The number of amides is 2. The molecule has 2 amide bonds. The minimum absolute atomic E-state index is 0.0441. The van der Waals surface area contributed by atoms with Crippen LogP contribution in [0.1, 0.15) is 167 Å². The Morgan fingerprint density at radius 3 is 1.26 bits per heavy atom. The summed E-state index contributed by atoms with van der Waals surface area (Å²) in [6.45, 7) is 16.2. The number of nitrogens with one attached hydrogen (secondary N) is 4. The van der Waals surface area contributed by atoms with Gasteiger partial charge in [0.05, 0.1) is 33.3 Å². The van der Waals surface area contributed by atoms with Gasteiger partial charge in [-0.05, 0) is 159 Å². The van der Waals surface area contributed by atoms with Gasteiger partial charge in [-0.15, -0.1) is 0 Å². The zero-order valence-corrected chi connectivity index (χ0v) is 48.9. The molecule has 10 nitrogen and oxygen atoms in total. The number of Topliss-reactive ketones (excluding diaryl/α,β-unsaturated/α-hetero) is 2. The molecule has 8 atom stereocenters. The molecule has 78 heavy (non-hydrogen) atoms. The molecule has 4 heterocycles. The number of ketones is 2. The van der Waals surface area contributed by atoms with E-state index >= 15 is 8.78 Å². The summed E-state index contributed by atoms with van der Waals surface area (Å²) in [6.07, 6.45) is 7.34. The number of hydrogen-bond acceptors (Lipinski definition) is 8. The first-order valence-electron chi connectivity index (χ1n) is 27.6. The molecule has 2 saturated heterocycles. The lowest BCUT2D eigenvalue weighted by Crippen LogP contribution is -2.49. The topological polar surface area (TPSA) is 157 Å². The molecule has 6 N–H and O–H groups in total. The predicted octanol–water partition coefficient (Wildman–Crippen LogP) is 13.6. The van der Waals surface area contributed by atoms with Crippen LogP contribution in [0.4, 0.5) is 20.2 Å². The molecule has 0 radical (unpaired) electrons. The van der Waals surface area contributed by atoms with Crippen molar-refractivity contribution in [1.82, 2.24) is 10.6 Å². The second-order valence-corrected chi connectivity index (χ2v) is 28.1. The van der Waals surface area contributed by atoms with Gasteiger partial charge in [-0.2, -0.15) is 0 Å². The van der Waals surface area contributed by atoms with Gasteiger partial charge in [-0.25, -0.2) is 8.78 Å². The van der Waals surface area contributed by atoms with E-state index in [1.165, 1.54) is 12.1 Å².